The molecule has 0 bridgehead atoms. The highest BCUT2D eigenvalue weighted by Gasteiger charge is 2.16. The molecule has 0 amide bonds. The maximum atomic E-state index is 10.9. The second-order valence-electron chi connectivity index (χ2n) is 6.04. The summed E-state index contributed by atoms with van der Waals surface area (Å²) >= 11 is 0. The van der Waals surface area contributed by atoms with Gasteiger partial charge in [-0.1, -0.05) is 18.9 Å². The normalized spacial score (nSPS) is 20.6. The van der Waals surface area contributed by atoms with Gasteiger partial charge < -0.3 is 10.6 Å². The predicted octanol–water partition coefficient (Wildman–Crippen LogP) is 3.63. The van der Waals surface area contributed by atoms with Crippen LogP contribution in [-0.4, -0.2) is 23.6 Å². The Morgan fingerprint density at radius 1 is 1.43 bits per heavy atom. The van der Waals surface area contributed by atoms with Crippen LogP contribution in [0.15, 0.2) is 18.2 Å². The van der Waals surface area contributed by atoms with E-state index in [1.54, 1.807) is 18.2 Å². The van der Waals surface area contributed by atoms with Gasteiger partial charge in [0.15, 0.2) is 0 Å². The smallest absolute Gasteiger partial charge is 0.271 e. The zero-order valence-corrected chi connectivity index (χ0v) is 12.9. The minimum Gasteiger partial charge on any atom is -0.382 e. The zero-order chi connectivity index (χ0) is 15.2. The van der Waals surface area contributed by atoms with Gasteiger partial charge in [-0.15, -0.1) is 0 Å². The van der Waals surface area contributed by atoms with E-state index in [0.717, 1.165) is 24.2 Å². The van der Waals surface area contributed by atoms with Gasteiger partial charge in [0.05, 0.1) is 4.92 Å². The number of aryl methyl sites for hydroxylation is 1. The van der Waals surface area contributed by atoms with Crippen molar-refractivity contribution in [3.8, 4) is 0 Å². The van der Waals surface area contributed by atoms with E-state index >= 15 is 0 Å². The average Bonchev–Trinajstić information content (AvgIpc) is 2.69. The van der Waals surface area contributed by atoms with E-state index < -0.39 is 0 Å². The molecule has 21 heavy (non-hydrogen) atoms. The lowest BCUT2D eigenvalue weighted by atomic mass is 10.0. The molecule has 2 atom stereocenters. The minimum absolute atomic E-state index is 0.142. The van der Waals surface area contributed by atoms with E-state index in [-0.39, 0.29) is 10.6 Å². The molecule has 1 heterocycles. The van der Waals surface area contributed by atoms with E-state index in [4.69, 9.17) is 0 Å². The first kappa shape index (κ1) is 15.8. The van der Waals surface area contributed by atoms with Crippen molar-refractivity contribution in [3.63, 3.8) is 0 Å². The molecule has 5 heteroatoms. The molecule has 0 radical (unpaired) electrons. The molecule has 5 nitrogen and oxygen atoms in total. The number of nitrogens with zero attached hydrogens (tertiary/aromatic N) is 1. The highest BCUT2D eigenvalue weighted by atomic mass is 16.6. The van der Waals surface area contributed by atoms with E-state index in [0.29, 0.717) is 12.1 Å². The lowest BCUT2D eigenvalue weighted by Gasteiger charge is -2.23. The standard InChI is InChI=1S/C16H25N3O2/c1-12-7-8-15(19(20)21)11-16(12)18-13(2)10-14-6-4-3-5-9-17-14/h7-8,11,13-14,17-18H,3-6,9-10H2,1-2H3. The fourth-order valence-corrected chi connectivity index (χ4v) is 2.93. The molecule has 2 unspecified atom stereocenters. The van der Waals surface area contributed by atoms with Gasteiger partial charge in [0.1, 0.15) is 0 Å². The quantitative estimate of drug-likeness (QED) is 0.642. The summed E-state index contributed by atoms with van der Waals surface area (Å²) in [5.74, 6) is 0. The highest BCUT2D eigenvalue weighted by Crippen LogP contribution is 2.23. The SMILES string of the molecule is Cc1ccc([N+](=O)[O-])cc1NC(C)CC1CCCCCN1. The second kappa shape index (κ2) is 7.41. The molecule has 1 aliphatic rings. The van der Waals surface area contributed by atoms with Crippen molar-refractivity contribution < 1.29 is 4.92 Å². The number of hydrogen-bond donors (Lipinski definition) is 2. The topological polar surface area (TPSA) is 67.2 Å². The van der Waals surface area contributed by atoms with Crippen molar-refractivity contribution in [2.24, 2.45) is 0 Å². The monoisotopic (exact) mass is 291 g/mol. The molecule has 0 aliphatic carbocycles. The van der Waals surface area contributed by atoms with Crippen molar-refractivity contribution in [3.05, 3.63) is 33.9 Å². The summed E-state index contributed by atoms with van der Waals surface area (Å²) in [6.07, 6.45) is 6.14. The number of benzene rings is 1. The Hall–Kier alpha value is -1.62. The van der Waals surface area contributed by atoms with Gasteiger partial charge >= 0.3 is 0 Å². The number of nitro groups is 1. The predicted molar refractivity (Wildman–Crippen MR) is 85.8 cm³/mol. The zero-order valence-electron chi connectivity index (χ0n) is 12.9. The van der Waals surface area contributed by atoms with Gasteiger partial charge in [0.2, 0.25) is 0 Å². The maximum Gasteiger partial charge on any atom is 0.271 e. The Balaban J connectivity index is 1.96. The van der Waals surface area contributed by atoms with Crippen molar-refractivity contribution in [1.82, 2.24) is 5.32 Å². The number of rotatable bonds is 5. The molecule has 2 N–H and O–H groups in total. The lowest BCUT2D eigenvalue weighted by Crippen LogP contribution is -2.33. The first-order valence-corrected chi connectivity index (χ1v) is 7.81. The molecule has 2 rings (SSSR count). The summed E-state index contributed by atoms with van der Waals surface area (Å²) in [6, 6.07) is 5.83. The Morgan fingerprint density at radius 2 is 2.24 bits per heavy atom. The summed E-state index contributed by atoms with van der Waals surface area (Å²) in [7, 11) is 0. The maximum absolute atomic E-state index is 10.9. The Labute approximate surface area is 126 Å². The van der Waals surface area contributed by atoms with E-state index in [1.807, 2.05) is 6.92 Å². The average molecular weight is 291 g/mol. The highest BCUT2D eigenvalue weighted by molar-refractivity contribution is 5.57. The van der Waals surface area contributed by atoms with Gasteiger partial charge in [0, 0.05) is 29.9 Å². The van der Waals surface area contributed by atoms with Crippen LogP contribution in [0.3, 0.4) is 0 Å². The molecule has 1 fully saturated rings. The summed E-state index contributed by atoms with van der Waals surface area (Å²) < 4.78 is 0. The van der Waals surface area contributed by atoms with Crippen molar-refractivity contribution in [1.29, 1.82) is 0 Å². The fraction of sp³-hybridized carbons (Fsp3) is 0.625. The molecule has 1 aromatic rings. The molecular formula is C16H25N3O2. The first-order chi connectivity index (χ1) is 10.1. The Kier molecular flexibility index (Phi) is 5.56. The number of nitro benzene ring substituents is 1. The van der Waals surface area contributed by atoms with Gasteiger partial charge in [0.25, 0.3) is 5.69 Å². The third-order valence-corrected chi connectivity index (χ3v) is 4.13. The molecule has 0 aromatic heterocycles. The van der Waals surface area contributed by atoms with Crippen LogP contribution in [0.4, 0.5) is 11.4 Å². The summed E-state index contributed by atoms with van der Waals surface area (Å²) in [5, 5.41) is 17.9. The van der Waals surface area contributed by atoms with Crippen LogP contribution in [0.2, 0.25) is 0 Å². The third kappa shape index (κ3) is 4.70. The van der Waals surface area contributed by atoms with Crippen LogP contribution in [0.25, 0.3) is 0 Å². The molecule has 1 aliphatic heterocycles. The van der Waals surface area contributed by atoms with Gasteiger partial charge in [-0.05, 0) is 45.2 Å². The van der Waals surface area contributed by atoms with Gasteiger partial charge in [-0.2, -0.15) is 0 Å². The van der Waals surface area contributed by atoms with Crippen LogP contribution in [0.5, 0.6) is 0 Å². The van der Waals surface area contributed by atoms with Crippen molar-refractivity contribution in [2.45, 2.75) is 58.0 Å². The number of nitrogens with one attached hydrogen (secondary N) is 2. The van der Waals surface area contributed by atoms with Crippen LogP contribution in [0.1, 0.15) is 44.6 Å². The van der Waals surface area contributed by atoms with Crippen LogP contribution < -0.4 is 10.6 Å². The van der Waals surface area contributed by atoms with Crippen molar-refractivity contribution in [2.75, 3.05) is 11.9 Å². The molecule has 1 aromatic carbocycles. The Morgan fingerprint density at radius 3 is 3.00 bits per heavy atom. The molecular weight excluding hydrogens is 266 g/mol. The van der Waals surface area contributed by atoms with E-state index in [2.05, 4.69) is 17.6 Å². The van der Waals surface area contributed by atoms with E-state index in [9.17, 15) is 10.1 Å². The largest absolute Gasteiger partial charge is 0.382 e. The summed E-state index contributed by atoms with van der Waals surface area (Å²) in [5.41, 5.74) is 2.05. The second-order valence-corrected chi connectivity index (χ2v) is 6.04. The number of anilines is 1. The fourth-order valence-electron chi connectivity index (χ4n) is 2.93. The van der Waals surface area contributed by atoms with Crippen LogP contribution in [-0.2, 0) is 0 Å². The number of non-ortho nitro benzene ring substituents is 1. The molecule has 116 valence electrons. The molecule has 1 saturated heterocycles. The molecule has 0 saturated carbocycles. The van der Waals surface area contributed by atoms with E-state index in [1.165, 1.54) is 25.7 Å². The summed E-state index contributed by atoms with van der Waals surface area (Å²) in [4.78, 5) is 10.5. The third-order valence-electron chi connectivity index (χ3n) is 4.13. The lowest BCUT2D eigenvalue weighted by molar-refractivity contribution is -0.384. The van der Waals surface area contributed by atoms with Crippen LogP contribution in [0, 0.1) is 17.0 Å². The van der Waals surface area contributed by atoms with Crippen LogP contribution >= 0.6 is 0 Å². The molecule has 0 spiro atoms. The van der Waals surface area contributed by atoms with Crippen molar-refractivity contribution >= 4 is 11.4 Å². The first-order valence-electron chi connectivity index (χ1n) is 7.81. The summed E-state index contributed by atoms with van der Waals surface area (Å²) in [6.45, 7) is 5.22. The van der Waals surface area contributed by atoms with Gasteiger partial charge in [-0.3, -0.25) is 10.1 Å². The number of hydrogen-bond acceptors (Lipinski definition) is 4. The van der Waals surface area contributed by atoms with Gasteiger partial charge in [-0.25, -0.2) is 0 Å². The Bertz CT molecular complexity index is 482. The minimum atomic E-state index is -0.345.